The molecular weight excluding hydrogens is 148 g/mol. The third-order valence-electron chi connectivity index (χ3n) is 2.36. The predicted molar refractivity (Wildman–Crippen MR) is 43.5 cm³/mol. The fourth-order valence-electron chi connectivity index (χ4n) is 1.26. The van der Waals surface area contributed by atoms with Crippen molar-refractivity contribution in [2.75, 3.05) is 13.0 Å². The molecule has 1 aliphatic carbocycles. The Bertz CT molecular complexity index is 110. The van der Waals surface area contributed by atoms with Gasteiger partial charge in [-0.3, -0.25) is 0 Å². The Morgan fingerprint density at radius 2 is 2.20 bits per heavy atom. The number of halogens is 1. The third kappa shape index (κ3) is 1.86. The fraction of sp³-hybridized carbons (Fsp3) is 1.00. The third-order valence-corrected chi connectivity index (χ3v) is 2.93. The largest absolute Gasteiger partial charge is 0.382 e. The summed E-state index contributed by atoms with van der Waals surface area (Å²) in [4.78, 5) is 0. The van der Waals surface area contributed by atoms with E-state index in [1.54, 1.807) is 7.11 Å². The monoisotopic (exact) mass is 162 g/mol. The van der Waals surface area contributed by atoms with Crippen LogP contribution in [0.4, 0.5) is 0 Å². The number of rotatable bonds is 4. The van der Waals surface area contributed by atoms with Crippen LogP contribution >= 0.6 is 11.6 Å². The summed E-state index contributed by atoms with van der Waals surface area (Å²) >= 11 is 5.80. The van der Waals surface area contributed by atoms with Gasteiger partial charge >= 0.3 is 0 Å². The Balaban J connectivity index is 2.23. The van der Waals surface area contributed by atoms with Gasteiger partial charge in [0.1, 0.15) is 0 Å². The smallest absolute Gasteiger partial charge is 0.0548 e. The molecular formula is C8H15ClO. The molecule has 0 aromatic carbocycles. The lowest BCUT2D eigenvalue weighted by Gasteiger charge is -2.15. The second-order valence-electron chi connectivity index (χ2n) is 3.38. The zero-order valence-electron chi connectivity index (χ0n) is 6.69. The fourth-order valence-corrected chi connectivity index (χ4v) is 1.64. The van der Waals surface area contributed by atoms with Crippen LogP contribution in [-0.4, -0.2) is 19.1 Å². The van der Waals surface area contributed by atoms with E-state index in [0.717, 1.165) is 12.3 Å². The number of ether oxygens (including phenoxy) is 1. The maximum absolute atomic E-state index is 5.80. The van der Waals surface area contributed by atoms with Crippen molar-refractivity contribution in [3.63, 3.8) is 0 Å². The Kier molecular flexibility index (Phi) is 2.59. The highest BCUT2D eigenvalue weighted by Crippen LogP contribution is 2.50. The number of hydrogen-bond donors (Lipinski definition) is 0. The summed E-state index contributed by atoms with van der Waals surface area (Å²) in [7, 11) is 1.76. The van der Waals surface area contributed by atoms with E-state index >= 15 is 0 Å². The van der Waals surface area contributed by atoms with E-state index < -0.39 is 0 Å². The van der Waals surface area contributed by atoms with Crippen LogP contribution in [0.2, 0.25) is 0 Å². The highest BCUT2D eigenvalue weighted by molar-refractivity contribution is 6.18. The standard InChI is InChI=1S/C8H15ClO/c1-7(10-2)5-8(6-9)3-4-8/h7H,3-6H2,1-2H3. The molecule has 1 aliphatic rings. The molecule has 1 atom stereocenters. The van der Waals surface area contributed by atoms with Crippen LogP contribution in [0.25, 0.3) is 0 Å². The van der Waals surface area contributed by atoms with E-state index in [4.69, 9.17) is 16.3 Å². The number of alkyl halides is 1. The zero-order chi connectivity index (χ0) is 7.61. The second kappa shape index (κ2) is 3.10. The van der Waals surface area contributed by atoms with E-state index in [0.29, 0.717) is 11.5 Å². The average Bonchev–Trinajstić information content (AvgIpc) is 2.70. The second-order valence-corrected chi connectivity index (χ2v) is 3.65. The Labute approximate surface area is 67.7 Å². The van der Waals surface area contributed by atoms with E-state index in [1.807, 2.05) is 0 Å². The van der Waals surface area contributed by atoms with Gasteiger partial charge in [0, 0.05) is 13.0 Å². The van der Waals surface area contributed by atoms with Gasteiger partial charge in [0.15, 0.2) is 0 Å². The Hall–Kier alpha value is 0.250. The summed E-state index contributed by atoms with van der Waals surface area (Å²) in [5, 5.41) is 0. The first-order chi connectivity index (χ1) is 4.72. The van der Waals surface area contributed by atoms with Crippen LogP contribution in [0.5, 0.6) is 0 Å². The van der Waals surface area contributed by atoms with Gasteiger partial charge < -0.3 is 4.74 Å². The van der Waals surface area contributed by atoms with Gasteiger partial charge in [0.25, 0.3) is 0 Å². The number of hydrogen-bond acceptors (Lipinski definition) is 1. The van der Waals surface area contributed by atoms with E-state index in [2.05, 4.69) is 6.92 Å². The molecule has 0 amide bonds. The van der Waals surface area contributed by atoms with Crippen molar-refractivity contribution < 1.29 is 4.74 Å². The van der Waals surface area contributed by atoms with E-state index in [1.165, 1.54) is 12.8 Å². The molecule has 2 heteroatoms. The molecule has 1 unspecified atom stereocenters. The van der Waals surface area contributed by atoms with Gasteiger partial charge in [-0.15, -0.1) is 11.6 Å². The van der Waals surface area contributed by atoms with E-state index in [-0.39, 0.29) is 0 Å². The van der Waals surface area contributed by atoms with Gasteiger partial charge in [0.2, 0.25) is 0 Å². The molecule has 0 saturated heterocycles. The predicted octanol–water partition coefficient (Wildman–Crippen LogP) is 2.43. The quantitative estimate of drug-likeness (QED) is 0.577. The Morgan fingerprint density at radius 3 is 2.50 bits per heavy atom. The maximum atomic E-state index is 5.80. The molecule has 1 rings (SSSR count). The van der Waals surface area contributed by atoms with Crippen LogP contribution in [0.1, 0.15) is 26.2 Å². The lowest BCUT2D eigenvalue weighted by Crippen LogP contribution is -2.14. The first-order valence-electron chi connectivity index (χ1n) is 3.81. The highest BCUT2D eigenvalue weighted by Gasteiger charge is 2.42. The normalized spacial score (nSPS) is 24.3. The summed E-state index contributed by atoms with van der Waals surface area (Å²) in [6.45, 7) is 2.10. The topological polar surface area (TPSA) is 9.23 Å². The minimum Gasteiger partial charge on any atom is -0.382 e. The van der Waals surface area contributed by atoms with Crippen molar-refractivity contribution in [2.24, 2.45) is 5.41 Å². The van der Waals surface area contributed by atoms with Crippen molar-refractivity contribution in [3.05, 3.63) is 0 Å². The summed E-state index contributed by atoms with van der Waals surface area (Å²) in [6, 6.07) is 0. The molecule has 1 fully saturated rings. The minimum atomic E-state index is 0.376. The molecule has 0 radical (unpaired) electrons. The van der Waals surface area contributed by atoms with Crippen LogP contribution in [0.15, 0.2) is 0 Å². The van der Waals surface area contributed by atoms with E-state index in [9.17, 15) is 0 Å². The van der Waals surface area contributed by atoms with Gasteiger partial charge in [0.05, 0.1) is 6.10 Å². The van der Waals surface area contributed by atoms with Gasteiger partial charge in [-0.1, -0.05) is 0 Å². The summed E-state index contributed by atoms with van der Waals surface area (Å²) < 4.78 is 5.17. The average molecular weight is 163 g/mol. The minimum absolute atomic E-state index is 0.376. The summed E-state index contributed by atoms with van der Waals surface area (Å²) in [5.41, 5.74) is 0.455. The van der Waals surface area contributed by atoms with Crippen molar-refractivity contribution in [2.45, 2.75) is 32.3 Å². The molecule has 10 heavy (non-hydrogen) atoms. The molecule has 0 heterocycles. The first-order valence-corrected chi connectivity index (χ1v) is 4.35. The molecule has 60 valence electrons. The molecule has 1 saturated carbocycles. The van der Waals surface area contributed by atoms with Crippen LogP contribution in [0.3, 0.4) is 0 Å². The van der Waals surface area contributed by atoms with Gasteiger partial charge in [-0.2, -0.15) is 0 Å². The molecule has 0 aromatic rings. The van der Waals surface area contributed by atoms with Crippen LogP contribution in [0, 0.1) is 5.41 Å². The maximum Gasteiger partial charge on any atom is 0.0548 e. The molecule has 0 spiro atoms. The van der Waals surface area contributed by atoms with Crippen LogP contribution < -0.4 is 0 Å². The van der Waals surface area contributed by atoms with Crippen molar-refractivity contribution in [1.29, 1.82) is 0 Å². The lowest BCUT2D eigenvalue weighted by atomic mass is 10.0. The highest BCUT2D eigenvalue weighted by atomic mass is 35.5. The van der Waals surface area contributed by atoms with Crippen molar-refractivity contribution in [3.8, 4) is 0 Å². The molecule has 1 nitrogen and oxygen atoms in total. The Morgan fingerprint density at radius 1 is 1.60 bits per heavy atom. The molecule has 0 bridgehead atoms. The number of methoxy groups -OCH3 is 1. The molecule has 0 N–H and O–H groups in total. The van der Waals surface area contributed by atoms with Gasteiger partial charge in [-0.05, 0) is 31.6 Å². The zero-order valence-corrected chi connectivity index (χ0v) is 7.45. The van der Waals surface area contributed by atoms with Crippen molar-refractivity contribution >= 4 is 11.6 Å². The first kappa shape index (κ1) is 8.35. The molecule has 0 aromatic heterocycles. The van der Waals surface area contributed by atoms with Crippen LogP contribution in [-0.2, 0) is 4.74 Å². The van der Waals surface area contributed by atoms with Crippen molar-refractivity contribution in [1.82, 2.24) is 0 Å². The lowest BCUT2D eigenvalue weighted by molar-refractivity contribution is 0.0941. The summed E-state index contributed by atoms with van der Waals surface area (Å²) in [5.74, 6) is 0.806. The van der Waals surface area contributed by atoms with Gasteiger partial charge in [-0.25, -0.2) is 0 Å². The SMILES string of the molecule is COC(C)CC1(CCl)CC1. The summed E-state index contributed by atoms with van der Waals surface area (Å²) in [6.07, 6.45) is 4.10. The molecule has 0 aliphatic heterocycles.